The predicted octanol–water partition coefficient (Wildman–Crippen LogP) is 0.459. The summed E-state index contributed by atoms with van der Waals surface area (Å²) < 4.78 is 1.81. The Morgan fingerprint density at radius 1 is 1.21 bits per heavy atom. The zero-order valence-corrected chi connectivity index (χ0v) is 7.67. The molecular weight excluding hydrogens is 178 g/mol. The van der Waals surface area contributed by atoms with E-state index in [0.717, 1.165) is 18.8 Å². The van der Waals surface area contributed by atoms with E-state index in [9.17, 15) is 0 Å². The minimum absolute atomic E-state index is 0.792. The van der Waals surface area contributed by atoms with Crippen molar-refractivity contribution in [1.29, 1.82) is 0 Å². The highest BCUT2D eigenvalue weighted by molar-refractivity contribution is 4.91. The van der Waals surface area contributed by atoms with Crippen molar-refractivity contribution < 1.29 is 0 Å². The topological polar surface area (TPSA) is 55.6 Å². The highest BCUT2D eigenvalue weighted by Gasteiger charge is 1.93. The molecule has 0 atom stereocenters. The molecule has 72 valence electrons. The van der Waals surface area contributed by atoms with Crippen molar-refractivity contribution in [3.05, 3.63) is 43.0 Å². The van der Waals surface area contributed by atoms with Gasteiger partial charge < -0.3 is 5.43 Å². The molecule has 0 unspecified atom stereocenters. The molecule has 0 aliphatic carbocycles. The molecule has 1 N–H and O–H groups in total. The van der Waals surface area contributed by atoms with Crippen molar-refractivity contribution in [1.82, 2.24) is 19.6 Å². The summed E-state index contributed by atoms with van der Waals surface area (Å²) in [6, 6.07) is 1.81. The molecule has 5 nitrogen and oxygen atoms in total. The van der Waals surface area contributed by atoms with Gasteiger partial charge in [0.15, 0.2) is 0 Å². The van der Waals surface area contributed by atoms with E-state index in [1.807, 2.05) is 16.9 Å². The van der Waals surface area contributed by atoms with E-state index >= 15 is 0 Å². The van der Waals surface area contributed by atoms with Crippen LogP contribution in [0.4, 0.5) is 0 Å². The number of rotatable bonds is 4. The fourth-order valence-electron chi connectivity index (χ4n) is 1.11. The fraction of sp³-hybridized carbons (Fsp3) is 0.222. The molecule has 0 saturated carbocycles. The van der Waals surface area contributed by atoms with Crippen LogP contribution >= 0.6 is 0 Å². The first-order valence-electron chi connectivity index (χ1n) is 4.43. The van der Waals surface area contributed by atoms with Crippen LogP contribution in [0.3, 0.4) is 0 Å². The lowest BCUT2D eigenvalue weighted by atomic mass is 10.4. The van der Waals surface area contributed by atoms with Crippen molar-refractivity contribution in [3.63, 3.8) is 0 Å². The van der Waals surface area contributed by atoms with E-state index in [4.69, 9.17) is 0 Å². The van der Waals surface area contributed by atoms with Crippen LogP contribution in [0.2, 0.25) is 0 Å². The summed E-state index contributed by atoms with van der Waals surface area (Å²) in [5, 5.41) is 0. The van der Waals surface area contributed by atoms with Gasteiger partial charge in [-0.1, -0.05) is 0 Å². The maximum absolute atomic E-state index is 4.12. The zero-order chi connectivity index (χ0) is 9.64. The van der Waals surface area contributed by atoms with Gasteiger partial charge in [-0.2, -0.15) is 0 Å². The summed E-state index contributed by atoms with van der Waals surface area (Å²) in [7, 11) is 0. The first-order valence-corrected chi connectivity index (χ1v) is 4.43. The van der Waals surface area contributed by atoms with Crippen LogP contribution in [-0.2, 0) is 6.42 Å². The molecule has 0 fully saturated rings. The smallest absolute Gasteiger partial charge is 0.130 e. The van der Waals surface area contributed by atoms with Gasteiger partial charge in [0.05, 0.1) is 0 Å². The van der Waals surface area contributed by atoms with Gasteiger partial charge in [0, 0.05) is 37.8 Å². The maximum atomic E-state index is 4.12. The Bertz CT molecular complexity index is 356. The summed E-state index contributed by atoms with van der Waals surface area (Å²) in [6.45, 7) is 0.792. The number of aromatic nitrogens is 4. The highest BCUT2D eigenvalue weighted by Crippen LogP contribution is 1.88. The average molecular weight is 189 g/mol. The van der Waals surface area contributed by atoms with Crippen molar-refractivity contribution in [2.75, 3.05) is 12.0 Å². The third-order valence-corrected chi connectivity index (χ3v) is 1.77. The quantitative estimate of drug-likeness (QED) is 0.759. The molecule has 0 spiro atoms. The number of nitrogens with one attached hydrogen (secondary N) is 1. The molecule has 0 aliphatic rings. The molecule has 2 heterocycles. The lowest BCUT2D eigenvalue weighted by molar-refractivity contribution is 0.790. The van der Waals surface area contributed by atoms with Gasteiger partial charge in [-0.25, -0.2) is 15.0 Å². The molecule has 2 aromatic rings. The molecular formula is C9H11N5. The fourth-order valence-corrected chi connectivity index (χ4v) is 1.11. The Balaban J connectivity index is 1.79. The number of nitrogens with zero attached hydrogens (tertiary/aromatic N) is 4. The van der Waals surface area contributed by atoms with Crippen molar-refractivity contribution in [2.24, 2.45) is 0 Å². The first kappa shape index (κ1) is 8.68. The van der Waals surface area contributed by atoms with Crippen LogP contribution in [0.5, 0.6) is 0 Å². The lowest BCUT2D eigenvalue weighted by Crippen LogP contribution is -2.16. The minimum atomic E-state index is 0.792. The molecule has 0 amide bonds. The molecule has 0 bridgehead atoms. The second-order valence-electron chi connectivity index (χ2n) is 2.79. The Morgan fingerprint density at radius 2 is 2.07 bits per heavy atom. The van der Waals surface area contributed by atoms with Crippen molar-refractivity contribution in [2.45, 2.75) is 6.42 Å². The first-order chi connectivity index (χ1) is 6.95. The monoisotopic (exact) mass is 189 g/mol. The standard InChI is InChI=1S/C9H11N5/c1-3-11-9(12-4-1)2-5-13-14-7-6-10-8-14/h1,3-4,6-8,13H,2,5H2. The molecule has 0 saturated heterocycles. The average Bonchev–Trinajstić information content (AvgIpc) is 2.72. The third kappa shape index (κ3) is 2.29. The van der Waals surface area contributed by atoms with Gasteiger partial charge in [0.2, 0.25) is 0 Å². The SMILES string of the molecule is c1cnc(CCNn2ccnc2)nc1. The summed E-state index contributed by atoms with van der Waals surface area (Å²) in [5.74, 6) is 0.847. The van der Waals surface area contributed by atoms with Crippen molar-refractivity contribution in [3.8, 4) is 0 Å². The van der Waals surface area contributed by atoms with E-state index in [1.54, 1.807) is 24.9 Å². The van der Waals surface area contributed by atoms with Gasteiger partial charge in [0.25, 0.3) is 0 Å². The second kappa shape index (κ2) is 4.36. The van der Waals surface area contributed by atoms with Crippen LogP contribution in [0.25, 0.3) is 0 Å². The summed E-state index contributed by atoms with van der Waals surface area (Å²) in [4.78, 5) is 12.2. The summed E-state index contributed by atoms with van der Waals surface area (Å²) >= 11 is 0. The van der Waals surface area contributed by atoms with Gasteiger partial charge in [0.1, 0.15) is 12.2 Å². The Labute approximate surface area is 81.8 Å². The van der Waals surface area contributed by atoms with Crippen LogP contribution in [0, 0.1) is 0 Å². The largest absolute Gasteiger partial charge is 0.325 e. The highest BCUT2D eigenvalue weighted by atomic mass is 15.4. The third-order valence-electron chi connectivity index (χ3n) is 1.77. The Hall–Kier alpha value is -1.91. The Kier molecular flexibility index (Phi) is 2.70. The number of hydrogen-bond acceptors (Lipinski definition) is 4. The van der Waals surface area contributed by atoms with E-state index in [1.165, 1.54) is 0 Å². The van der Waals surface area contributed by atoms with Gasteiger partial charge in [-0.05, 0) is 6.07 Å². The normalized spacial score (nSPS) is 10.0. The van der Waals surface area contributed by atoms with E-state index in [0.29, 0.717) is 0 Å². The molecule has 2 rings (SSSR count). The van der Waals surface area contributed by atoms with Crippen LogP contribution in [-0.4, -0.2) is 26.2 Å². The van der Waals surface area contributed by atoms with Crippen LogP contribution < -0.4 is 5.43 Å². The molecule has 2 aromatic heterocycles. The van der Waals surface area contributed by atoms with Crippen LogP contribution in [0.15, 0.2) is 37.2 Å². The van der Waals surface area contributed by atoms with E-state index in [2.05, 4.69) is 20.4 Å². The molecule has 14 heavy (non-hydrogen) atoms. The number of imidazole rings is 1. The second-order valence-corrected chi connectivity index (χ2v) is 2.79. The lowest BCUT2D eigenvalue weighted by Gasteiger charge is -2.04. The van der Waals surface area contributed by atoms with Gasteiger partial charge in [-0.15, -0.1) is 0 Å². The molecule has 0 aromatic carbocycles. The summed E-state index contributed by atoms with van der Waals surface area (Å²) in [6.07, 6.45) is 9.60. The molecule has 0 radical (unpaired) electrons. The molecule has 5 heteroatoms. The molecule has 0 aliphatic heterocycles. The minimum Gasteiger partial charge on any atom is -0.325 e. The Morgan fingerprint density at radius 3 is 2.79 bits per heavy atom. The summed E-state index contributed by atoms with van der Waals surface area (Å²) in [5.41, 5.74) is 3.15. The predicted molar refractivity (Wildman–Crippen MR) is 52.2 cm³/mol. The van der Waals surface area contributed by atoms with Gasteiger partial charge in [-0.3, -0.25) is 4.68 Å². The van der Waals surface area contributed by atoms with E-state index in [-0.39, 0.29) is 0 Å². The zero-order valence-electron chi connectivity index (χ0n) is 7.67. The maximum Gasteiger partial charge on any atom is 0.130 e. The van der Waals surface area contributed by atoms with Gasteiger partial charge >= 0.3 is 0 Å². The van der Waals surface area contributed by atoms with Crippen LogP contribution in [0.1, 0.15) is 5.82 Å². The number of hydrogen-bond donors (Lipinski definition) is 1. The van der Waals surface area contributed by atoms with Crippen molar-refractivity contribution >= 4 is 0 Å². The van der Waals surface area contributed by atoms with E-state index < -0.39 is 0 Å².